The number of hydrogen-bond donors (Lipinski definition) is 1. The van der Waals surface area contributed by atoms with Gasteiger partial charge < -0.3 is 10.2 Å². The molecule has 1 N–H and O–H groups in total. The van der Waals surface area contributed by atoms with Crippen molar-refractivity contribution in [2.75, 3.05) is 17.3 Å². The van der Waals surface area contributed by atoms with Crippen LogP contribution < -0.4 is 10.2 Å². The van der Waals surface area contributed by atoms with Crippen molar-refractivity contribution in [1.82, 2.24) is 4.98 Å². The van der Waals surface area contributed by atoms with E-state index in [9.17, 15) is 14.0 Å². The molecule has 0 bridgehead atoms. The molecule has 0 spiro atoms. The smallest absolute Gasteiger partial charge is 0.257 e. The van der Waals surface area contributed by atoms with Gasteiger partial charge >= 0.3 is 0 Å². The quantitative estimate of drug-likeness (QED) is 0.927. The van der Waals surface area contributed by atoms with Gasteiger partial charge in [0.2, 0.25) is 5.91 Å². The Hall–Kier alpha value is -2.76. The third kappa shape index (κ3) is 2.27. The van der Waals surface area contributed by atoms with Crippen LogP contribution in [0.15, 0.2) is 36.7 Å². The van der Waals surface area contributed by atoms with Crippen LogP contribution in [-0.2, 0) is 10.2 Å². The second-order valence-corrected chi connectivity index (χ2v) is 6.01. The molecule has 0 saturated carbocycles. The van der Waals surface area contributed by atoms with Crippen LogP contribution in [0.3, 0.4) is 0 Å². The van der Waals surface area contributed by atoms with E-state index in [0.717, 1.165) is 0 Å². The van der Waals surface area contributed by atoms with E-state index in [4.69, 9.17) is 0 Å². The number of nitrogens with one attached hydrogen (secondary N) is 1. The zero-order valence-electron chi connectivity index (χ0n) is 13.1. The number of benzene rings is 1. The maximum Gasteiger partial charge on any atom is 0.257 e. The monoisotopic (exact) mass is 313 g/mol. The summed E-state index contributed by atoms with van der Waals surface area (Å²) in [4.78, 5) is 29.6. The van der Waals surface area contributed by atoms with E-state index in [-0.39, 0.29) is 17.3 Å². The van der Waals surface area contributed by atoms with Crippen molar-refractivity contribution < 1.29 is 14.0 Å². The van der Waals surface area contributed by atoms with Crippen LogP contribution in [0.4, 0.5) is 15.8 Å². The molecule has 0 radical (unpaired) electrons. The van der Waals surface area contributed by atoms with Crippen LogP contribution in [-0.4, -0.2) is 23.8 Å². The van der Waals surface area contributed by atoms with Gasteiger partial charge in [0.15, 0.2) is 5.82 Å². The molecule has 118 valence electrons. The predicted octanol–water partition coefficient (Wildman–Crippen LogP) is 2.73. The first-order chi connectivity index (χ1) is 10.8. The Morgan fingerprint density at radius 3 is 2.70 bits per heavy atom. The van der Waals surface area contributed by atoms with E-state index < -0.39 is 17.1 Å². The normalized spacial score (nSPS) is 15.5. The van der Waals surface area contributed by atoms with Crippen molar-refractivity contribution in [2.45, 2.75) is 19.3 Å². The molecular formula is C17H16FN3O2. The molecule has 2 heterocycles. The molecule has 0 unspecified atom stereocenters. The molecule has 1 aromatic carbocycles. The first kappa shape index (κ1) is 15.1. The number of aromatic nitrogens is 1. The first-order valence-electron chi connectivity index (χ1n) is 7.16. The lowest BCUT2D eigenvalue weighted by Gasteiger charge is -2.16. The molecule has 1 aromatic heterocycles. The van der Waals surface area contributed by atoms with Crippen molar-refractivity contribution in [3.8, 4) is 0 Å². The number of carbonyl (C=O) groups excluding carboxylic acids is 2. The summed E-state index contributed by atoms with van der Waals surface area (Å²) in [5, 5.41) is 2.53. The fourth-order valence-corrected chi connectivity index (χ4v) is 2.82. The number of halogens is 1. The lowest BCUT2D eigenvalue weighted by molar-refractivity contribution is -0.121. The van der Waals surface area contributed by atoms with Gasteiger partial charge in [0, 0.05) is 19.4 Å². The van der Waals surface area contributed by atoms with E-state index in [1.165, 1.54) is 24.2 Å². The fourth-order valence-electron chi connectivity index (χ4n) is 2.82. The Labute approximate surface area is 133 Å². The number of carbonyl (C=O) groups is 2. The number of rotatable bonds is 2. The van der Waals surface area contributed by atoms with E-state index >= 15 is 0 Å². The molecule has 0 atom stereocenters. The molecule has 3 rings (SSSR count). The van der Waals surface area contributed by atoms with Gasteiger partial charge in [0.25, 0.3) is 5.91 Å². The Morgan fingerprint density at radius 2 is 2.04 bits per heavy atom. The molecule has 0 aliphatic carbocycles. The van der Waals surface area contributed by atoms with Crippen LogP contribution in [0.5, 0.6) is 0 Å². The summed E-state index contributed by atoms with van der Waals surface area (Å²) in [6.45, 7) is 3.51. The topological polar surface area (TPSA) is 62.3 Å². The number of likely N-dealkylation sites (N-methyl/N-ethyl adjacent to an activating group) is 1. The summed E-state index contributed by atoms with van der Waals surface area (Å²) in [5.41, 5.74) is 0.412. The van der Waals surface area contributed by atoms with Gasteiger partial charge in [-0.2, -0.15) is 0 Å². The molecule has 1 aliphatic heterocycles. The Morgan fingerprint density at radius 1 is 1.30 bits per heavy atom. The van der Waals surface area contributed by atoms with E-state index in [0.29, 0.717) is 11.1 Å². The summed E-state index contributed by atoms with van der Waals surface area (Å²) in [5.74, 6) is -1.24. The van der Waals surface area contributed by atoms with E-state index in [2.05, 4.69) is 10.3 Å². The van der Waals surface area contributed by atoms with E-state index in [1.807, 2.05) is 0 Å². The summed E-state index contributed by atoms with van der Waals surface area (Å²) in [7, 11) is 1.53. The predicted molar refractivity (Wildman–Crippen MR) is 85.0 cm³/mol. The Balaban J connectivity index is 1.99. The molecule has 1 aliphatic rings. The highest BCUT2D eigenvalue weighted by atomic mass is 19.1. The number of amides is 2. The van der Waals surface area contributed by atoms with Gasteiger partial charge in [0.1, 0.15) is 0 Å². The molecule has 6 heteroatoms. The second-order valence-electron chi connectivity index (χ2n) is 6.01. The zero-order valence-corrected chi connectivity index (χ0v) is 13.1. The Bertz CT molecular complexity index is 803. The molecule has 23 heavy (non-hydrogen) atoms. The van der Waals surface area contributed by atoms with Crippen LogP contribution in [0, 0.1) is 5.82 Å². The number of pyridine rings is 1. The Kier molecular flexibility index (Phi) is 3.39. The highest BCUT2D eigenvalue weighted by Crippen LogP contribution is 2.44. The molecule has 2 amide bonds. The van der Waals surface area contributed by atoms with Crippen molar-refractivity contribution in [1.29, 1.82) is 0 Å². The van der Waals surface area contributed by atoms with Crippen LogP contribution in [0.25, 0.3) is 0 Å². The minimum Gasteiger partial charge on any atom is -0.319 e. The maximum atomic E-state index is 14.8. The average Bonchev–Trinajstić information content (AvgIpc) is 2.72. The standard InChI is InChI=1S/C17H16FN3O2/c1-17(2)11-6-7-12(13(18)14(11)21(3)16(17)23)20-15(22)10-5-4-8-19-9-10/h4-9H,1-3H3,(H,20,22). The highest BCUT2D eigenvalue weighted by molar-refractivity contribution is 6.09. The van der Waals surface area contributed by atoms with Crippen molar-refractivity contribution >= 4 is 23.2 Å². The van der Waals surface area contributed by atoms with Crippen molar-refractivity contribution in [3.63, 3.8) is 0 Å². The van der Waals surface area contributed by atoms with Gasteiger partial charge in [-0.15, -0.1) is 0 Å². The SMILES string of the molecule is CN1C(=O)C(C)(C)c2ccc(NC(=O)c3cccnc3)c(F)c21. The number of hydrogen-bond acceptors (Lipinski definition) is 3. The molecular weight excluding hydrogens is 297 g/mol. The largest absolute Gasteiger partial charge is 0.319 e. The minimum absolute atomic E-state index is 0.0370. The summed E-state index contributed by atoms with van der Waals surface area (Å²) >= 11 is 0. The van der Waals surface area contributed by atoms with Crippen LogP contribution >= 0.6 is 0 Å². The van der Waals surface area contributed by atoms with Crippen molar-refractivity contribution in [2.24, 2.45) is 0 Å². The lowest BCUT2D eigenvalue weighted by Crippen LogP contribution is -2.33. The van der Waals surface area contributed by atoms with E-state index in [1.54, 1.807) is 38.2 Å². The van der Waals surface area contributed by atoms with Gasteiger partial charge in [-0.05, 0) is 37.6 Å². The van der Waals surface area contributed by atoms with Crippen LogP contribution in [0.2, 0.25) is 0 Å². The maximum absolute atomic E-state index is 14.8. The zero-order chi connectivity index (χ0) is 16.8. The fraction of sp³-hybridized carbons (Fsp3) is 0.235. The molecule has 5 nitrogen and oxygen atoms in total. The third-order valence-corrected chi connectivity index (χ3v) is 4.14. The van der Waals surface area contributed by atoms with Gasteiger partial charge in [-0.3, -0.25) is 14.6 Å². The lowest BCUT2D eigenvalue weighted by atomic mass is 9.86. The molecule has 0 fully saturated rings. The van der Waals surface area contributed by atoms with Gasteiger partial charge in [0.05, 0.1) is 22.4 Å². The molecule has 2 aromatic rings. The minimum atomic E-state index is -0.781. The summed E-state index contributed by atoms with van der Waals surface area (Å²) in [6.07, 6.45) is 2.95. The highest BCUT2D eigenvalue weighted by Gasteiger charge is 2.44. The summed E-state index contributed by atoms with van der Waals surface area (Å²) < 4.78 is 14.8. The van der Waals surface area contributed by atoms with Gasteiger partial charge in [-0.25, -0.2) is 4.39 Å². The number of anilines is 2. The second kappa shape index (κ2) is 5.15. The third-order valence-electron chi connectivity index (χ3n) is 4.14. The van der Waals surface area contributed by atoms with Crippen LogP contribution in [0.1, 0.15) is 29.8 Å². The number of fused-ring (bicyclic) bond motifs is 1. The first-order valence-corrected chi connectivity index (χ1v) is 7.16. The number of nitrogens with zero attached hydrogens (tertiary/aromatic N) is 2. The summed E-state index contributed by atoms with van der Waals surface area (Å²) in [6, 6.07) is 6.38. The molecule has 0 saturated heterocycles. The van der Waals surface area contributed by atoms with Gasteiger partial charge in [-0.1, -0.05) is 6.07 Å². The van der Waals surface area contributed by atoms with Crippen molar-refractivity contribution in [3.05, 3.63) is 53.6 Å². The average molecular weight is 313 g/mol.